The summed E-state index contributed by atoms with van der Waals surface area (Å²) in [6.45, 7) is 8.09. The van der Waals surface area contributed by atoms with Gasteiger partial charge < -0.3 is 9.64 Å². The Morgan fingerprint density at radius 2 is 1.47 bits per heavy atom. The van der Waals surface area contributed by atoms with Crippen LogP contribution in [0.25, 0.3) is 0 Å². The lowest BCUT2D eigenvalue weighted by Crippen LogP contribution is -2.57. The molecule has 0 aromatic heterocycles. The molecule has 3 nitrogen and oxygen atoms in total. The number of nitrogens with zero attached hydrogens (tertiary/aromatic N) is 1. The fourth-order valence-corrected chi connectivity index (χ4v) is 5.89. The Bertz CT molecular complexity index is 789. The zero-order valence-electron chi connectivity index (χ0n) is 18.3. The molecule has 2 aromatic rings. The Morgan fingerprint density at radius 3 is 1.87 bits per heavy atom. The lowest BCUT2D eigenvalue weighted by atomic mass is 9.59. The van der Waals surface area contributed by atoms with Crippen LogP contribution in [-0.4, -0.2) is 35.6 Å². The summed E-state index contributed by atoms with van der Waals surface area (Å²) in [4.78, 5) is 14.8. The predicted octanol–water partition coefficient (Wildman–Crippen LogP) is 5.61. The monoisotopic (exact) mass is 427 g/mol. The van der Waals surface area contributed by atoms with Crippen molar-refractivity contribution < 1.29 is 9.53 Å². The minimum atomic E-state index is -0.681. The van der Waals surface area contributed by atoms with Gasteiger partial charge >= 0.3 is 5.97 Å². The number of benzene rings is 2. The van der Waals surface area contributed by atoms with Gasteiger partial charge in [0.15, 0.2) is 0 Å². The number of halogens is 1. The van der Waals surface area contributed by atoms with E-state index < -0.39 is 11.0 Å². The molecule has 0 saturated carbocycles. The van der Waals surface area contributed by atoms with Gasteiger partial charge in [0.05, 0.1) is 5.41 Å². The van der Waals surface area contributed by atoms with Crippen molar-refractivity contribution >= 4 is 18.4 Å². The molecule has 30 heavy (non-hydrogen) atoms. The van der Waals surface area contributed by atoms with Crippen LogP contribution in [0.15, 0.2) is 60.7 Å². The second-order valence-corrected chi connectivity index (χ2v) is 9.31. The molecule has 2 bridgehead atoms. The lowest BCUT2D eigenvalue weighted by Gasteiger charge is -2.53. The van der Waals surface area contributed by atoms with Crippen molar-refractivity contribution in [1.29, 1.82) is 0 Å². The van der Waals surface area contributed by atoms with Crippen LogP contribution in [0.1, 0.15) is 57.6 Å². The molecule has 3 fully saturated rings. The third-order valence-electron chi connectivity index (χ3n) is 7.27. The molecule has 0 radical (unpaired) electrons. The number of hydrogen-bond donors (Lipinski definition) is 0. The molecular formula is C26H34ClNO2. The Kier molecular flexibility index (Phi) is 6.94. The number of fused-ring (bicyclic) bond motifs is 3. The molecule has 3 heterocycles. The average molecular weight is 428 g/mol. The maximum atomic E-state index is 12.2. The number of esters is 1. The zero-order chi connectivity index (χ0) is 20.5. The predicted molar refractivity (Wildman–Crippen MR) is 124 cm³/mol. The molecular weight excluding hydrogens is 394 g/mol. The molecule has 5 rings (SSSR count). The standard InChI is InChI=1S/C26H33NO2.ClH/c1-20(28)29-25(2,3)26(22-10-6-4-7-11-22,23-12-8-5-9-13-23)19-24-18-21-14-16-27(24)17-15-21;/h4-13,21,24H,14-19H2,1-3H3;1H. The van der Waals surface area contributed by atoms with Gasteiger partial charge in [-0.3, -0.25) is 4.79 Å². The van der Waals surface area contributed by atoms with Gasteiger partial charge in [0.25, 0.3) is 0 Å². The van der Waals surface area contributed by atoms with Gasteiger partial charge in [-0.2, -0.15) is 0 Å². The van der Waals surface area contributed by atoms with Crippen LogP contribution in [0.5, 0.6) is 0 Å². The normalized spacial score (nSPS) is 23.5. The summed E-state index contributed by atoms with van der Waals surface area (Å²) >= 11 is 0. The number of rotatable bonds is 6. The van der Waals surface area contributed by atoms with Crippen LogP contribution in [0.2, 0.25) is 0 Å². The largest absolute Gasteiger partial charge is 0.459 e. The van der Waals surface area contributed by atoms with E-state index in [4.69, 9.17) is 4.74 Å². The first-order valence-corrected chi connectivity index (χ1v) is 11.0. The summed E-state index contributed by atoms with van der Waals surface area (Å²) in [5.74, 6) is 0.614. The first kappa shape index (κ1) is 22.8. The summed E-state index contributed by atoms with van der Waals surface area (Å²) < 4.78 is 6.08. The number of ether oxygens (including phenoxy) is 1. The maximum Gasteiger partial charge on any atom is 0.303 e. The SMILES string of the molecule is CC(=O)OC(C)(C)C(CC1CC2CCN1CC2)(c1ccccc1)c1ccccc1.Cl. The van der Waals surface area contributed by atoms with Crippen LogP contribution in [0.4, 0.5) is 0 Å². The first-order valence-electron chi connectivity index (χ1n) is 11.0. The molecule has 0 amide bonds. The molecule has 2 aromatic carbocycles. The molecule has 1 unspecified atom stereocenters. The van der Waals surface area contributed by atoms with E-state index >= 15 is 0 Å². The van der Waals surface area contributed by atoms with Crippen LogP contribution in [0, 0.1) is 5.92 Å². The Balaban J connectivity index is 0.00000256. The molecule has 3 aliphatic rings. The van der Waals surface area contributed by atoms with Gasteiger partial charge in [-0.15, -0.1) is 12.4 Å². The van der Waals surface area contributed by atoms with E-state index in [1.165, 1.54) is 50.4 Å². The van der Waals surface area contributed by atoms with Crippen molar-refractivity contribution in [2.75, 3.05) is 13.1 Å². The van der Waals surface area contributed by atoms with E-state index in [1.807, 2.05) is 0 Å². The second kappa shape index (κ2) is 9.11. The van der Waals surface area contributed by atoms with Crippen molar-refractivity contribution in [2.45, 2.75) is 63.5 Å². The fraction of sp³-hybridized carbons (Fsp3) is 0.500. The minimum Gasteiger partial charge on any atom is -0.459 e. The van der Waals surface area contributed by atoms with Crippen LogP contribution < -0.4 is 0 Å². The highest BCUT2D eigenvalue weighted by molar-refractivity contribution is 5.85. The summed E-state index contributed by atoms with van der Waals surface area (Å²) in [6, 6.07) is 21.8. The van der Waals surface area contributed by atoms with Crippen molar-refractivity contribution in [1.82, 2.24) is 4.90 Å². The molecule has 3 aliphatic heterocycles. The van der Waals surface area contributed by atoms with Crippen molar-refractivity contribution in [2.24, 2.45) is 5.92 Å². The highest BCUT2D eigenvalue weighted by Crippen LogP contribution is 2.50. The third kappa shape index (κ3) is 4.15. The summed E-state index contributed by atoms with van der Waals surface area (Å²) in [5.41, 5.74) is 1.35. The maximum absolute atomic E-state index is 12.2. The molecule has 0 spiro atoms. The summed E-state index contributed by atoms with van der Waals surface area (Å²) in [6.07, 6.45) is 4.86. The molecule has 0 N–H and O–H groups in total. The fourth-order valence-electron chi connectivity index (χ4n) is 5.89. The van der Waals surface area contributed by atoms with Crippen LogP contribution in [0.3, 0.4) is 0 Å². The second-order valence-electron chi connectivity index (χ2n) is 9.31. The van der Waals surface area contributed by atoms with Crippen molar-refractivity contribution in [3.05, 3.63) is 71.8 Å². The Labute approximate surface area is 187 Å². The highest BCUT2D eigenvalue weighted by Gasteiger charge is 2.52. The van der Waals surface area contributed by atoms with Gasteiger partial charge in [-0.25, -0.2) is 0 Å². The molecule has 162 valence electrons. The smallest absolute Gasteiger partial charge is 0.303 e. The highest BCUT2D eigenvalue weighted by atomic mass is 35.5. The van der Waals surface area contributed by atoms with E-state index in [2.05, 4.69) is 79.4 Å². The van der Waals surface area contributed by atoms with E-state index in [0.29, 0.717) is 6.04 Å². The molecule has 0 aliphatic carbocycles. The van der Waals surface area contributed by atoms with Crippen LogP contribution in [-0.2, 0) is 14.9 Å². The van der Waals surface area contributed by atoms with E-state index in [1.54, 1.807) is 0 Å². The van der Waals surface area contributed by atoms with E-state index in [0.717, 1.165) is 12.3 Å². The molecule has 3 saturated heterocycles. The average Bonchev–Trinajstić information content (AvgIpc) is 2.73. The quantitative estimate of drug-likeness (QED) is 0.561. The number of carbonyl (C=O) groups is 1. The van der Waals surface area contributed by atoms with Crippen molar-refractivity contribution in [3.8, 4) is 0 Å². The number of piperidine rings is 3. The number of hydrogen-bond acceptors (Lipinski definition) is 3. The van der Waals surface area contributed by atoms with E-state index in [9.17, 15) is 4.79 Å². The van der Waals surface area contributed by atoms with E-state index in [-0.39, 0.29) is 18.4 Å². The van der Waals surface area contributed by atoms with Gasteiger partial charge in [0.1, 0.15) is 5.60 Å². The van der Waals surface area contributed by atoms with Gasteiger partial charge in [-0.05, 0) is 69.7 Å². The zero-order valence-corrected chi connectivity index (χ0v) is 19.2. The summed E-state index contributed by atoms with van der Waals surface area (Å²) in [5, 5.41) is 0. The minimum absolute atomic E-state index is 0. The lowest BCUT2D eigenvalue weighted by molar-refractivity contribution is -0.161. The van der Waals surface area contributed by atoms with Crippen LogP contribution >= 0.6 is 12.4 Å². The molecule has 1 atom stereocenters. The summed E-state index contributed by atoms with van der Waals surface area (Å²) in [7, 11) is 0. The van der Waals surface area contributed by atoms with Gasteiger partial charge in [0.2, 0.25) is 0 Å². The van der Waals surface area contributed by atoms with Gasteiger partial charge in [-0.1, -0.05) is 60.7 Å². The first-order chi connectivity index (χ1) is 13.9. The van der Waals surface area contributed by atoms with Crippen molar-refractivity contribution in [3.63, 3.8) is 0 Å². The Morgan fingerprint density at radius 1 is 0.967 bits per heavy atom. The third-order valence-corrected chi connectivity index (χ3v) is 7.27. The Hall–Kier alpha value is -1.84. The van der Waals surface area contributed by atoms with Gasteiger partial charge in [0, 0.05) is 13.0 Å². The topological polar surface area (TPSA) is 29.5 Å². The molecule has 4 heteroatoms. The number of carbonyl (C=O) groups excluding carboxylic acids is 1.